The van der Waals surface area contributed by atoms with Gasteiger partial charge in [0, 0.05) is 29.6 Å². The van der Waals surface area contributed by atoms with Crippen molar-refractivity contribution in [2.24, 2.45) is 5.73 Å². The number of carbonyl (C=O) groups excluding carboxylic acids is 1. The van der Waals surface area contributed by atoms with Crippen LogP contribution in [0.3, 0.4) is 0 Å². The molecule has 10 heteroatoms. The molecule has 2 aromatic rings. The Hall–Kier alpha value is -2.78. The molecule has 7 nitrogen and oxygen atoms in total. The number of rotatable bonds is 6. The molecule has 1 aromatic heterocycles. The molecule has 0 aliphatic carbocycles. The summed E-state index contributed by atoms with van der Waals surface area (Å²) in [5, 5.41) is 3.62. The fraction of sp³-hybridized carbons (Fsp3) is 0.435. The molecule has 1 saturated heterocycles. The van der Waals surface area contributed by atoms with Crippen molar-refractivity contribution in [2.45, 2.75) is 44.9 Å². The lowest BCUT2D eigenvalue weighted by molar-refractivity contribution is 0.0793. The first kappa shape index (κ1) is 23.4. The Kier molecular flexibility index (Phi) is 6.81. The summed E-state index contributed by atoms with van der Waals surface area (Å²) in [5.74, 6) is -0.447. The van der Waals surface area contributed by atoms with Crippen LogP contribution in [-0.2, 0) is 0 Å². The number of hydrogen-bond donors (Lipinski definition) is 2. The predicted octanol–water partition coefficient (Wildman–Crippen LogP) is 3.26. The van der Waals surface area contributed by atoms with Crippen molar-refractivity contribution in [3.05, 3.63) is 58.0 Å². The number of aryl methyl sites for hydroxylation is 1. The van der Waals surface area contributed by atoms with E-state index in [0.29, 0.717) is 34.2 Å². The number of nitrogens with two attached hydrogens (primary N) is 1. The van der Waals surface area contributed by atoms with Crippen LogP contribution in [0.1, 0.15) is 41.6 Å². The van der Waals surface area contributed by atoms with E-state index in [-0.39, 0.29) is 43.0 Å². The van der Waals surface area contributed by atoms with Crippen molar-refractivity contribution in [3.8, 4) is 5.75 Å². The fourth-order valence-electron chi connectivity index (χ4n) is 4.10. The number of benzene rings is 1. The minimum Gasteiger partial charge on any atom is -0.491 e. The van der Waals surface area contributed by atoms with Crippen LogP contribution in [0.15, 0.2) is 30.1 Å². The van der Waals surface area contributed by atoms with Gasteiger partial charge in [-0.05, 0) is 31.9 Å². The van der Waals surface area contributed by atoms with Crippen LogP contribution < -0.4 is 15.8 Å². The third-order valence-corrected chi connectivity index (χ3v) is 6.43. The summed E-state index contributed by atoms with van der Waals surface area (Å²) in [6.45, 7) is 4.10. The maximum absolute atomic E-state index is 14.3. The van der Waals surface area contributed by atoms with Crippen molar-refractivity contribution in [2.75, 3.05) is 19.7 Å². The zero-order chi connectivity index (χ0) is 23.7. The second-order valence-electron chi connectivity index (χ2n) is 8.37. The molecule has 33 heavy (non-hydrogen) atoms. The smallest absolute Gasteiger partial charge is 0.258 e. The molecule has 3 heterocycles. The molecule has 2 aliphatic heterocycles. The van der Waals surface area contributed by atoms with Gasteiger partial charge < -0.3 is 20.7 Å². The van der Waals surface area contributed by atoms with E-state index in [4.69, 9.17) is 22.1 Å². The molecule has 3 atom stereocenters. The molecule has 0 saturated carbocycles. The maximum atomic E-state index is 14.3. The Labute approximate surface area is 196 Å². The molecule has 3 unspecified atom stereocenters. The van der Waals surface area contributed by atoms with E-state index in [2.05, 4.69) is 15.3 Å². The van der Waals surface area contributed by atoms with E-state index >= 15 is 0 Å². The average Bonchev–Trinajstić information content (AvgIpc) is 3.36. The summed E-state index contributed by atoms with van der Waals surface area (Å²) in [7, 11) is 0. The van der Waals surface area contributed by atoms with Crippen LogP contribution in [0.2, 0.25) is 5.02 Å². The Balaban J connectivity index is 1.49. The van der Waals surface area contributed by atoms with Crippen LogP contribution in [0, 0.1) is 12.7 Å². The van der Waals surface area contributed by atoms with Crippen LogP contribution >= 0.6 is 11.6 Å². The SMILES string of the molecule is CCC1CC(F)C(COc2cc(F)ccc2C(=O)N2CC(N)=C(c3ncc(Cl)c(C)n3)C2)N1. The van der Waals surface area contributed by atoms with Crippen molar-refractivity contribution < 1.29 is 18.3 Å². The Morgan fingerprint density at radius 2 is 2.18 bits per heavy atom. The van der Waals surface area contributed by atoms with Gasteiger partial charge in [0.1, 0.15) is 24.3 Å². The number of carbonyl (C=O) groups is 1. The molecule has 2 aliphatic rings. The first-order chi connectivity index (χ1) is 15.8. The number of alkyl halides is 1. The first-order valence-corrected chi connectivity index (χ1v) is 11.2. The van der Waals surface area contributed by atoms with Crippen LogP contribution in [0.5, 0.6) is 5.75 Å². The van der Waals surface area contributed by atoms with E-state index in [0.717, 1.165) is 12.5 Å². The van der Waals surface area contributed by atoms with Crippen molar-refractivity contribution >= 4 is 23.1 Å². The molecular formula is C23H26ClF2N5O2. The highest BCUT2D eigenvalue weighted by atomic mass is 35.5. The Morgan fingerprint density at radius 3 is 2.88 bits per heavy atom. The molecular weight excluding hydrogens is 452 g/mol. The van der Waals surface area contributed by atoms with Gasteiger partial charge in [-0.3, -0.25) is 4.79 Å². The lowest BCUT2D eigenvalue weighted by Crippen LogP contribution is -2.37. The monoisotopic (exact) mass is 477 g/mol. The quantitative estimate of drug-likeness (QED) is 0.663. The highest BCUT2D eigenvalue weighted by Gasteiger charge is 2.34. The molecule has 1 amide bonds. The second kappa shape index (κ2) is 9.61. The lowest BCUT2D eigenvalue weighted by atomic mass is 10.1. The summed E-state index contributed by atoms with van der Waals surface area (Å²) in [4.78, 5) is 23.4. The van der Waals surface area contributed by atoms with E-state index < -0.39 is 18.0 Å². The highest BCUT2D eigenvalue weighted by molar-refractivity contribution is 6.31. The van der Waals surface area contributed by atoms with Crippen molar-refractivity contribution in [3.63, 3.8) is 0 Å². The number of halogens is 3. The lowest BCUT2D eigenvalue weighted by Gasteiger charge is -2.20. The molecule has 0 bridgehead atoms. The van der Waals surface area contributed by atoms with Crippen molar-refractivity contribution in [1.82, 2.24) is 20.2 Å². The summed E-state index contributed by atoms with van der Waals surface area (Å²) in [5.41, 5.74) is 8.07. The summed E-state index contributed by atoms with van der Waals surface area (Å²) in [6, 6.07) is 3.28. The van der Waals surface area contributed by atoms with Gasteiger partial charge in [-0.2, -0.15) is 0 Å². The van der Waals surface area contributed by atoms with Crippen molar-refractivity contribution in [1.29, 1.82) is 0 Å². The van der Waals surface area contributed by atoms with Crippen LogP contribution in [-0.4, -0.2) is 58.7 Å². The van der Waals surface area contributed by atoms with E-state index in [1.54, 1.807) is 6.92 Å². The minimum absolute atomic E-state index is 0.00900. The summed E-state index contributed by atoms with van der Waals surface area (Å²) in [6.07, 6.45) is 1.65. The molecule has 1 aromatic carbocycles. The first-order valence-electron chi connectivity index (χ1n) is 10.9. The third-order valence-electron chi connectivity index (χ3n) is 6.06. The van der Waals surface area contributed by atoms with Gasteiger partial charge in [-0.1, -0.05) is 18.5 Å². The number of nitrogens with one attached hydrogen (secondary N) is 1. The molecule has 3 N–H and O–H groups in total. The van der Waals surface area contributed by atoms with Gasteiger partial charge in [0.15, 0.2) is 5.82 Å². The highest BCUT2D eigenvalue weighted by Crippen LogP contribution is 2.28. The molecule has 176 valence electrons. The van der Waals surface area contributed by atoms with E-state index in [1.807, 2.05) is 6.92 Å². The van der Waals surface area contributed by atoms with Gasteiger partial charge >= 0.3 is 0 Å². The average molecular weight is 478 g/mol. The van der Waals surface area contributed by atoms with Gasteiger partial charge in [0.25, 0.3) is 5.91 Å². The largest absolute Gasteiger partial charge is 0.491 e. The zero-order valence-electron chi connectivity index (χ0n) is 18.4. The Bertz CT molecular complexity index is 1100. The molecule has 0 spiro atoms. The number of ether oxygens (including phenoxy) is 1. The van der Waals surface area contributed by atoms with E-state index in [9.17, 15) is 13.6 Å². The zero-order valence-corrected chi connectivity index (χ0v) is 19.2. The number of hydrogen-bond acceptors (Lipinski definition) is 6. The van der Waals surface area contributed by atoms with Crippen LogP contribution in [0.25, 0.3) is 5.57 Å². The maximum Gasteiger partial charge on any atom is 0.258 e. The topological polar surface area (TPSA) is 93.4 Å². The number of aromatic nitrogens is 2. The predicted molar refractivity (Wildman–Crippen MR) is 121 cm³/mol. The molecule has 4 rings (SSSR count). The molecule has 1 fully saturated rings. The van der Waals surface area contributed by atoms with Gasteiger partial charge in [-0.15, -0.1) is 0 Å². The normalized spacial score (nSPS) is 22.8. The third kappa shape index (κ3) is 4.94. The minimum atomic E-state index is -1.06. The Morgan fingerprint density at radius 1 is 1.39 bits per heavy atom. The number of amides is 1. The standard InChI is InChI=1S/C23H26ClF2N5O2/c1-3-14-7-18(26)20(30-14)11-33-21-6-13(25)4-5-15(21)23(32)31-9-16(19(27)10-31)22-28-8-17(24)12(2)29-22/h4-6,8,14,18,20,30H,3,7,9-11,27H2,1-2H3. The summed E-state index contributed by atoms with van der Waals surface area (Å²) < 4.78 is 34.0. The second-order valence-corrected chi connectivity index (χ2v) is 8.78. The van der Waals surface area contributed by atoms with Gasteiger partial charge in [0.05, 0.1) is 35.4 Å². The van der Waals surface area contributed by atoms with Crippen LogP contribution in [0.4, 0.5) is 8.78 Å². The number of nitrogens with zero attached hydrogens (tertiary/aromatic N) is 3. The van der Waals surface area contributed by atoms with Gasteiger partial charge in [-0.25, -0.2) is 18.7 Å². The van der Waals surface area contributed by atoms with Gasteiger partial charge in [0.2, 0.25) is 0 Å². The molecule has 0 radical (unpaired) electrons. The fourth-order valence-corrected chi connectivity index (χ4v) is 4.19. The summed E-state index contributed by atoms with van der Waals surface area (Å²) >= 11 is 6.01. The van der Waals surface area contributed by atoms with E-state index in [1.165, 1.54) is 23.2 Å².